The minimum Gasteiger partial charge on any atom is -0.361 e. The predicted octanol–water partition coefficient (Wildman–Crippen LogP) is 5.00. The molecule has 12 atom stereocenters. The number of H-pyrrole nitrogens is 3. The van der Waals surface area contributed by atoms with Crippen LogP contribution in [0.1, 0.15) is 151 Å². The third-order valence-electron chi connectivity index (χ3n) is 22.0. The summed E-state index contributed by atoms with van der Waals surface area (Å²) in [4.78, 5) is 205. The van der Waals surface area contributed by atoms with Gasteiger partial charge in [0, 0.05) is 158 Å². The summed E-state index contributed by atoms with van der Waals surface area (Å²) in [6, 6.07) is 12.8. The molecule has 6 aromatic rings. The maximum atomic E-state index is 16.0. The smallest absolute Gasteiger partial charge is 0.246 e. The van der Waals surface area contributed by atoms with Crippen LogP contribution in [0.2, 0.25) is 0 Å². The van der Waals surface area contributed by atoms with Gasteiger partial charge in [-0.3, -0.25) is 62.5 Å². The van der Waals surface area contributed by atoms with Crippen LogP contribution in [0.5, 0.6) is 0 Å². The molecule has 0 radical (unpaired) electrons. The molecule has 0 spiro atoms. The third-order valence-corrected chi connectivity index (χ3v) is 24.5. The van der Waals surface area contributed by atoms with Gasteiger partial charge in [-0.2, -0.15) is 0 Å². The SMILES string of the molecule is NCCCC[C@@H]1CC(=O)[C@@H]2CSSC[C@H](NC(=O)[C@H](Cc3c[nH]c4ccccc34)NC(=O)[C@H](CCCCN)NC(=O)[C@H](CCCCN)NC(=O)[C@H](CCCCN)CC1=O)C(=O)N1CCC[C@H]1C(=O)N[C@@H](Cc1cnc[nH]1)C(=O)N[C@H](Cc1ccccc1)C(=O)N[C@@H](CC1=CCC=N1)C(=O)C[C@@H](Cc1c[nH]c3ccccc13)C(=O)C2. The van der Waals surface area contributed by atoms with Crippen molar-refractivity contribution < 1.29 is 57.5 Å². The van der Waals surface area contributed by atoms with Crippen LogP contribution in [-0.4, -0.2) is 194 Å². The van der Waals surface area contributed by atoms with Crippen LogP contribution in [0.25, 0.3) is 21.8 Å². The largest absolute Gasteiger partial charge is 0.361 e. The molecule has 114 heavy (non-hydrogen) atoms. The molecule has 31 heteroatoms. The highest BCUT2D eigenvalue weighted by Gasteiger charge is 2.43. The molecule has 29 nitrogen and oxygen atoms in total. The van der Waals surface area contributed by atoms with E-state index in [1.54, 1.807) is 48.9 Å². The van der Waals surface area contributed by atoms with Gasteiger partial charge in [0.2, 0.25) is 47.3 Å². The van der Waals surface area contributed by atoms with E-state index < -0.39 is 155 Å². The molecule has 7 heterocycles. The molecule has 8 amide bonds. The number of allylic oxidation sites excluding steroid dienone is 1. The maximum Gasteiger partial charge on any atom is 0.246 e. The highest BCUT2D eigenvalue weighted by atomic mass is 33.1. The number of aromatic amines is 3. The van der Waals surface area contributed by atoms with Crippen molar-refractivity contribution >= 4 is 120 Å². The van der Waals surface area contributed by atoms with Gasteiger partial charge in [0.15, 0.2) is 5.78 Å². The molecule has 3 aromatic carbocycles. The number of ketones is 4. The summed E-state index contributed by atoms with van der Waals surface area (Å²) in [6.45, 7) is 1.11. The third kappa shape index (κ3) is 24.9. The van der Waals surface area contributed by atoms with Gasteiger partial charge in [-0.25, -0.2) is 4.98 Å². The van der Waals surface area contributed by atoms with E-state index in [0.717, 1.165) is 43.4 Å². The summed E-state index contributed by atoms with van der Waals surface area (Å²) in [5.41, 5.74) is 28.4. The van der Waals surface area contributed by atoms with Gasteiger partial charge in [0.1, 0.15) is 59.6 Å². The zero-order chi connectivity index (χ0) is 80.9. The Kier molecular flexibility index (Phi) is 33.7. The average molecular weight is 1600 g/mol. The Labute approximate surface area is 672 Å². The number of nitrogens with two attached hydrogens (primary N) is 4. The number of hydrogen-bond donors (Lipinski definition) is 14. The number of aromatic nitrogens is 4. The van der Waals surface area contributed by atoms with Crippen molar-refractivity contribution in [1.29, 1.82) is 0 Å². The molecule has 3 fully saturated rings. The molecular formula is C83H111N17O12S2. The van der Waals surface area contributed by atoms with Gasteiger partial charge in [-0.05, 0) is 138 Å². The van der Waals surface area contributed by atoms with Crippen LogP contribution in [0, 0.1) is 23.7 Å². The fourth-order valence-corrected chi connectivity index (χ4v) is 18.0. The minimum atomic E-state index is -1.49. The molecule has 0 saturated carbocycles. The van der Waals surface area contributed by atoms with Crippen molar-refractivity contribution in [3.8, 4) is 0 Å². The highest BCUT2D eigenvalue weighted by molar-refractivity contribution is 8.76. The van der Waals surface area contributed by atoms with Crippen molar-refractivity contribution in [2.24, 2.45) is 51.6 Å². The molecule has 3 saturated heterocycles. The second kappa shape index (κ2) is 44.3. The standard InChI is InChI=1S/C83H111N17O12S2/c84-30-12-8-20-52-39-74(103)57-42-73(102)54(37-55-45-90-62-25-6-4-23-60(55)62)41-75(104)66(43-58-22-16-34-89-58)95-79(108)67(36-51-18-2-1-3-19-51)96-81(110)69(44-59-47-88-50-92-59)98-82(111)71-29-17-35-100(71)83(112)70(49-114-113-48-57)99-80(109)68(38-56-46-91-63-26-7-5-24-61(56)63)97-78(107)65(28-11-15-33-87)94-77(106)64(27-10-14-32-86)93-76(105)53(40-72(52)101)21-9-13-31-85/h1-7,18-19,22-26,34,45-47,50,52-54,57,64-71,90-91H,8-17,20-21,27-33,35-44,48-49,84-87H2,(H,88,92)(H,93,105)(H,94,106)(H,95,108)(H,96,110)(H,97,107)(H,98,111)(H,99,109)/t52-,53-,54-,57+,64+,65+,66+,67-,68+,69+,70+,71+/m1/s1. The quantitative estimate of drug-likeness (QED) is 0.0251. The molecule has 18 N–H and O–H groups in total. The van der Waals surface area contributed by atoms with Crippen molar-refractivity contribution in [2.75, 3.05) is 44.2 Å². The van der Waals surface area contributed by atoms with Gasteiger partial charge in [-0.15, -0.1) is 0 Å². The minimum absolute atomic E-state index is 0.00391. The number of imidazole rings is 1. The summed E-state index contributed by atoms with van der Waals surface area (Å²) in [7, 11) is 2.23. The normalized spacial score (nSPS) is 25.0. The number of unbranched alkanes of at least 4 members (excludes halogenated alkanes) is 4. The van der Waals surface area contributed by atoms with Crippen LogP contribution in [0.15, 0.2) is 121 Å². The van der Waals surface area contributed by atoms with Crippen LogP contribution in [0.4, 0.5) is 0 Å². The van der Waals surface area contributed by atoms with E-state index in [1.807, 2.05) is 54.6 Å². The number of amides is 8. The molecule has 4 aliphatic rings. The molecule has 0 aliphatic carbocycles. The van der Waals surface area contributed by atoms with E-state index in [-0.39, 0.29) is 121 Å². The lowest BCUT2D eigenvalue weighted by atomic mass is 9.80. The number of rotatable bonds is 26. The van der Waals surface area contributed by atoms with Gasteiger partial charge >= 0.3 is 0 Å². The van der Waals surface area contributed by atoms with Crippen LogP contribution in [-0.2, 0) is 83.2 Å². The number of para-hydroxylation sites is 2. The number of fused-ring (bicyclic) bond motifs is 8. The number of aliphatic imine (C=N–C) groups is 1. The number of nitrogens with zero attached hydrogens (tertiary/aromatic N) is 3. The van der Waals surface area contributed by atoms with E-state index in [4.69, 9.17) is 22.9 Å². The summed E-state index contributed by atoms with van der Waals surface area (Å²) < 4.78 is 0. The van der Waals surface area contributed by atoms with Crippen molar-refractivity contribution in [2.45, 2.75) is 202 Å². The Hall–Kier alpha value is -9.66. The summed E-state index contributed by atoms with van der Waals surface area (Å²) in [6.07, 6.45) is 12.7. The van der Waals surface area contributed by atoms with E-state index in [9.17, 15) is 0 Å². The molecule has 2 bridgehead atoms. The first kappa shape index (κ1) is 86.7. The number of hydrogen-bond acceptors (Lipinski definition) is 20. The fourth-order valence-electron chi connectivity index (χ4n) is 15.5. The molecule has 4 aliphatic heterocycles. The number of nitrogens with one attached hydrogen (secondary N) is 10. The lowest BCUT2D eigenvalue weighted by Gasteiger charge is -2.31. The fraction of sp³-hybridized carbons (Fsp3) is 0.518. The molecule has 10 rings (SSSR count). The lowest BCUT2D eigenvalue weighted by molar-refractivity contribution is -0.142. The number of carbonyl (C=O) groups excluding carboxylic acids is 12. The summed E-state index contributed by atoms with van der Waals surface area (Å²) in [5, 5.41) is 22.1. The van der Waals surface area contributed by atoms with Crippen molar-refractivity contribution in [1.82, 2.24) is 62.1 Å². The van der Waals surface area contributed by atoms with E-state index in [2.05, 4.69) is 62.1 Å². The molecule has 0 unspecified atom stereocenters. The van der Waals surface area contributed by atoms with Crippen LogP contribution < -0.4 is 60.2 Å². The molecule has 3 aromatic heterocycles. The van der Waals surface area contributed by atoms with Gasteiger partial charge < -0.3 is 80.0 Å². The summed E-state index contributed by atoms with van der Waals surface area (Å²) in [5.74, 6) is -12.5. The average Bonchev–Trinajstić information content (AvgIpc) is 1.60. The Bertz CT molecular complexity index is 4340. The van der Waals surface area contributed by atoms with Crippen molar-refractivity contribution in [3.63, 3.8) is 0 Å². The van der Waals surface area contributed by atoms with Gasteiger partial charge in [0.25, 0.3) is 0 Å². The number of carbonyl (C=O) groups is 12. The highest BCUT2D eigenvalue weighted by Crippen LogP contribution is 2.34. The summed E-state index contributed by atoms with van der Waals surface area (Å²) >= 11 is 0. The van der Waals surface area contributed by atoms with E-state index in [1.165, 1.54) is 17.4 Å². The Morgan fingerprint density at radius 2 is 0.947 bits per heavy atom. The van der Waals surface area contributed by atoms with Crippen LogP contribution >= 0.6 is 21.6 Å². The topological polar surface area (TPSA) is 469 Å². The Balaban J connectivity index is 1.11. The lowest BCUT2D eigenvalue weighted by Crippen LogP contribution is -2.61. The number of Topliss-reactive ketones (excluding diaryl/α,β-unsaturated/α-hetero) is 4. The zero-order valence-electron chi connectivity index (χ0n) is 64.7. The predicted molar refractivity (Wildman–Crippen MR) is 439 cm³/mol. The maximum absolute atomic E-state index is 16.0. The van der Waals surface area contributed by atoms with Crippen LogP contribution in [0.3, 0.4) is 0 Å². The van der Waals surface area contributed by atoms with Crippen molar-refractivity contribution in [3.05, 3.63) is 138 Å². The monoisotopic (exact) mass is 1600 g/mol. The molecular weight excluding hydrogens is 1490 g/mol. The van der Waals surface area contributed by atoms with Gasteiger partial charge in [-0.1, -0.05) is 107 Å². The van der Waals surface area contributed by atoms with Gasteiger partial charge in [0.05, 0.1) is 12.4 Å². The van der Waals surface area contributed by atoms with E-state index >= 15 is 57.5 Å². The first-order valence-corrected chi connectivity index (χ1v) is 42.7. The first-order chi connectivity index (χ1) is 55.3. The molecule has 612 valence electrons. The Morgan fingerprint density at radius 1 is 0.439 bits per heavy atom. The Morgan fingerprint density at radius 3 is 1.56 bits per heavy atom. The second-order valence-corrected chi connectivity index (χ2v) is 32.9. The number of benzene rings is 3. The first-order valence-electron chi connectivity index (χ1n) is 40.2. The van der Waals surface area contributed by atoms with E-state index in [0.29, 0.717) is 92.3 Å². The zero-order valence-corrected chi connectivity index (χ0v) is 66.3. The second-order valence-electron chi connectivity index (χ2n) is 30.3.